The zero-order chi connectivity index (χ0) is 17.1. The van der Waals surface area contributed by atoms with E-state index in [-0.39, 0.29) is 12.4 Å². The van der Waals surface area contributed by atoms with Crippen molar-refractivity contribution in [3.05, 3.63) is 46.6 Å². The molecule has 0 amide bonds. The van der Waals surface area contributed by atoms with Crippen LogP contribution in [0.3, 0.4) is 0 Å². The summed E-state index contributed by atoms with van der Waals surface area (Å²) in [5.41, 5.74) is 3.32. The van der Waals surface area contributed by atoms with Crippen LogP contribution in [-0.4, -0.2) is 28.2 Å². The van der Waals surface area contributed by atoms with Crippen molar-refractivity contribution >= 4 is 28.6 Å². The van der Waals surface area contributed by atoms with Gasteiger partial charge in [0, 0.05) is 16.6 Å². The summed E-state index contributed by atoms with van der Waals surface area (Å²) < 4.78 is 6.70. The van der Waals surface area contributed by atoms with E-state index >= 15 is 0 Å². The van der Waals surface area contributed by atoms with Gasteiger partial charge in [-0.25, -0.2) is 4.98 Å². The highest BCUT2D eigenvalue weighted by Gasteiger charge is 2.17. The Hall–Kier alpha value is -2.47. The molecule has 5 nitrogen and oxygen atoms in total. The van der Waals surface area contributed by atoms with Crippen molar-refractivity contribution in [2.75, 3.05) is 6.61 Å². The monoisotopic (exact) mass is 342 g/mol. The van der Waals surface area contributed by atoms with Crippen LogP contribution in [0.25, 0.3) is 16.2 Å². The molecule has 2 aromatic heterocycles. The topological polar surface area (TPSA) is 60.7 Å². The lowest BCUT2D eigenvalue weighted by atomic mass is 10.1. The molecule has 3 rings (SSSR count). The predicted octanol–water partition coefficient (Wildman–Crippen LogP) is 3.54. The Kier molecular flexibility index (Phi) is 4.76. The third kappa shape index (κ3) is 3.10. The third-order valence-corrected chi connectivity index (χ3v) is 4.76. The van der Waals surface area contributed by atoms with Crippen LogP contribution in [0, 0.1) is 0 Å². The fraction of sp³-hybridized carbons (Fsp3) is 0.278. The fourth-order valence-corrected chi connectivity index (χ4v) is 3.54. The first-order chi connectivity index (χ1) is 11.7. The first kappa shape index (κ1) is 16.4. The smallest absolute Gasteiger partial charge is 0.311 e. The Morgan fingerprint density at radius 3 is 2.67 bits per heavy atom. The zero-order valence-electron chi connectivity index (χ0n) is 13.6. The maximum atomic E-state index is 11.6. The second-order valence-corrected chi connectivity index (χ2v) is 6.44. The summed E-state index contributed by atoms with van der Waals surface area (Å²) in [6.45, 7) is 4.24. The van der Waals surface area contributed by atoms with Crippen LogP contribution in [-0.2, 0) is 22.4 Å². The molecule has 0 unspecified atom stereocenters. The van der Waals surface area contributed by atoms with E-state index in [1.807, 2.05) is 24.3 Å². The molecule has 0 aliphatic carbocycles. The van der Waals surface area contributed by atoms with Gasteiger partial charge in [-0.1, -0.05) is 31.2 Å². The highest BCUT2D eigenvalue weighted by molar-refractivity contribution is 7.17. The van der Waals surface area contributed by atoms with E-state index in [0.29, 0.717) is 23.0 Å². The van der Waals surface area contributed by atoms with Gasteiger partial charge in [-0.3, -0.25) is 14.0 Å². The number of hydrogen-bond acceptors (Lipinski definition) is 5. The van der Waals surface area contributed by atoms with Crippen LogP contribution in [0.2, 0.25) is 0 Å². The quantitative estimate of drug-likeness (QED) is 0.508. The van der Waals surface area contributed by atoms with E-state index in [2.05, 4.69) is 11.9 Å². The molecular formula is C18H18N2O3S. The normalized spacial score (nSPS) is 10.9. The molecule has 0 aliphatic heterocycles. The van der Waals surface area contributed by atoms with Gasteiger partial charge in [-0.15, -0.1) is 11.3 Å². The average Bonchev–Trinajstić information content (AvgIpc) is 3.11. The Morgan fingerprint density at radius 1 is 1.29 bits per heavy atom. The van der Waals surface area contributed by atoms with Gasteiger partial charge in [0.15, 0.2) is 11.2 Å². The summed E-state index contributed by atoms with van der Waals surface area (Å²) in [6, 6.07) is 8.06. The van der Waals surface area contributed by atoms with Gasteiger partial charge in [-0.05, 0) is 18.9 Å². The lowest BCUT2D eigenvalue weighted by Crippen LogP contribution is -2.06. The Morgan fingerprint density at radius 2 is 2.04 bits per heavy atom. The van der Waals surface area contributed by atoms with Crippen molar-refractivity contribution in [1.82, 2.24) is 9.38 Å². The van der Waals surface area contributed by atoms with Crippen molar-refractivity contribution in [2.24, 2.45) is 0 Å². The van der Waals surface area contributed by atoms with E-state index in [9.17, 15) is 9.59 Å². The molecule has 0 atom stereocenters. The van der Waals surface area contributed by atoms with Crippen LogP contribution in [0.1, 0.15) is 34.8 Å². The highest BCUT2D eigenvalue weighted by atomic mass is 32.1. The first-order valence-corrected chi connectivity index (χ1v) is 8.68. The number of carbonyl (C=O) groups is 2. The molecule has 3 aromatic rings. The minimum absolute atomic E-state index is 0.195. The summed E-state index contributed by atoms with van der Waals surface area (Å²) in [7, 11) is 0. The summed E-state index contributed by atoms with van der Waals surface area (Å²) in [6.07, 6.45) is 3.76. The van der Waals surface area contributed by atoms with Crippen molar-refractivity contribution < 1.29 is 14.3 Å². The maximum Gasteiger partial charge on any atom is 0.311 e. The SMILES string of the molecule is CCOC(=O)Cc1cn2c(C=O)c(-c3ccc(CC)cc3)nc2s1. The summed E-state index contributed by atoms with van der Waals surface area (Å²) >= 11 is 1.40. The number of rotatable bonds is 6. The van der Waals surface area contributed by atoms with Gasteiger partial charge in [0.1, 0.15) is 11.4 Å². The molecule has 0 spiro atoms. The number of thiazole rings is 1. The number of imidazole rings is 1. The van der Waals surface area contributed by atoms with Gasteiger partial charge < -0.3 is 4.74 Å². The Bertz CT molecular complexity index is 878. The van der Waals surface area contributed by atoms with Crippen LogP contribution in [0.4, 0.5) is 0 Å². The van der Waals surface area contributed by atoms with Crippen LogP contribution >= 0.6 is 11.3 Å². The van der Waals surface area contributed by atoms with Crippen LogP contribution < -0.4 is 0 Å². The maximum absolute atomic E-state index is 11.6. The van der Waals surface area contributed by atoms with Crippen LogP contribution in [0.15, 0.2) is 30.5 Å². The second-order valence-electron chi connectivity index (χ2n) is 5.35. The van der Waals surface area contributed by atoms with E-state index in [1.165, 1.54) is 16.9 Å². The molecule has 2 heterocycles. The van der Waals surface area contributed by atoms with E-state index in [4.69, 9.17) is 4.74 Å². The summed E-state index contributed by atoms with van der Waals surface area (Å²) in [5, 5.41) is 0. The standard InChI is InChI=1S/C18H18N2O3S/c1-3-12-5-7-13(8-6-12)17-15(11-21)20-10-14(24-18(20)19-17)9-16(22)23-4-2/h5-8,10-11H,3-4,9H2,1-2H3. The van der Waals surface area contributed by atoms with E-state index in [0.717, 1.165) is 23.1 Å². The molecule has 1 aromatic carbocycles. The van der Waals surface area contributed by atoms with Gasteiger partial charge in [0.25, 0.3) is 0 Å². The molecule has 0 radical (unpaired) electrons. The first-order valence-electron chi connectivity index (χ1n) is 7.87. The van der Waals surface area contributed by atoms with Crippen molar-refractivity contribution in [2.45, 2.75) is 26.7 Å². The van der Waals surface area contributed by atoms with Crippen molar-refractivity contribution in [3.63, 3.8) is 0 Å². The number of benzene rings is 1. The van der Waals surface area contributed by atoms with Crippen molar-refractivity contribution in [1.29, 1.82) is 0 Å². The number of nitrogens with zero attached hydrogens (tertiary/aromatic N) is 2. The molecular weight excluding hydrogens is 324 g/mol. The average molecular weight is 342 g/mol. The summed E-state index contributed by atoms with van der Waals surface area (Å²) in [4.78, 5) is 29.3. The number of aldehydes is 1. The minimum Gasteiger partial charge on any atom is -0.466 e. The Labute approximate surface area is 143 Å². The zero-order valence-corrected chi connectivity index (χ0v) is 14.4. The van der Waals surface area contributed by atoms with Gasteiger partial charge in [-0.2, -0.15) is 0 Å². The van der Waals surface area contributed by atoms with Gasteiger partial charge in [0.2, 0.25) is 0 Å². The number of fused-ring (bicyclic) bond motifs is 1. The molecule has 0 bridgehead atoms. The number of carbonyl (C=O) groups excluding carboxylic acids is 2. The molecule has 124 valence electrons. The van der Waals surface area contributed by atoms with E-state index < -0.39 is 0 Å². The molecule has 6 heteroatoms. The number of hydrogen-bond donors (Lipinski definition) is 0. The lowest BCUT2D eigenvalue weighted by molar-refractivity contribution is -0.142. The molecule has 0 N–H and O–H groups in total. The molecule has 0 saturated heterocycles. The fourth-order valence-electron chi connectivity index (χ4n) is 2.57. The van der Waals surface area contributed by atoms with Gasteiger partial charge >= 0.3 is 5.97 Å². The largest absolute Gasteiger partial charge is 0.466 e. The molecule has 0 fully saturated rings. The lowest BCUT2D eigenvalue weighted by Gasteiger charge is -2.01. The van der Waals surface area contributed by atoms with Crippen LogP contribution in [0.5, 0.6) is 0 Å². The molecule has 24 heavy (non-hydrogen) atoms. The Balaban J connectivity index is 1.96. The molecule has 0 aliphatic rings. The number of ether oxygens (including phenoxy) is 1. The highest BCUT2D eigenvalue weighted by Crippen LogP contribution is 2.28. The number of aromatic nitrogens is 2. The van der Waals surface area contributed by atoms with E-state index in [1.54, 1.807) is 17.5 Å². The minimum atomic E-state index is -0.273. The molecule has 0 saturated carbocycles. The van der Waals surface area contributed by atoms with Crippen molar-refractivity contribution in [3.8, 4) is 11.3 Å². The number of esters is 1. The second kappa shape index (κ2) is 6.97. The predicted molar refractivity (Wildman–Crippen MR) is 93.6 cm³/mol. The third-order valence-electron chi connectivity index (χ3n) is 3.78. The summed E-state index contributed by atoms with van der Waals surface area (Å²) in [5.74, 6) is -0.273. The van der Waals surface area contributed by atoms with Gasteiger partial charge in [0.05, 0.1) is 13.0 Å². The number of aryl methyl sites for hydroxylation is 1.